The Labute approximate surface area is 182 Å². The predicted molar refractivity (Wildman–Crippen MR) is 116 cm³/mol. The number of hydrogen-bond acceptors (Lipinski definition) is 7. The number of anilines is 2. The number of alkyl carbamates (subject to hydrolysis) is 1. The van der Waals surface area contributed by atoms with Crippen LogP contribution >= 0.6 is 11.3 Å². The van der Waals surface area contributed by atoms with E-state index in [-0.39, 0.29) is 26.7 Å². The molecule has 0 bridgehead atoms. The Morgan fingerprint density at radius 2 is 1.68 bits per heavy atom. The van der Waals surface area contributed by atoms with Crippen LogP contribution < -0.4 is 15.4 Å². The van der Waals surface area contributed by atoms with Gasteiger partial charge in [-0.3, -0.25) is 19.6 Å². The molecule has 1 aromatic heterocycles. The summed E-state index contributed by atoms with van der Waals surface area (Å²) in [6.45, 7) is 0. The van der Waals surface area contributed by atoms with Gasteiger partial charge in [0.1, 0.15) is 5.00 Å². The van der Waals surface area contributed by atoms with Gasteiger partial charge in [-0.25, -0.2) is 13.2 Å². The number of nitrogens with one attached hydrogen (secondary N) is 3. The maximum atomic E-state index is 12.6. The number of carbonyl (C=O) groups excluding carboxylic acids is 3. The highest BCUT2D eigenvalue weighted by molar-refractivity contribution is 7.92. The summed E-state index contributed by atoms with van der Waals surface area (Å²) in [6, 6.07) is 15.2. The smallest absolute Gasteiger partial charge is 0.413 e. The van der Waals surface area contributed by atoms with Crippen molar-refractivity contribution in [1.29, 1.82) is 0 Å². The fraction of sp³-hybridized carbons (Fsp3) is 0.0500. The topological polar surface area (TPSA) is 131 Å². The van der Waals surface area contributed by atoms with Gasteiger partial charge in [0.25, 0.3) is 21.8 Å². The molecular weight excluding hydrogens is 442 g/mol. The van der Waals surface area contributed by atoms with Gasteiger partial charge in [0.15, 0.2) is 0 Å². The Kier molecular flexibility index (Phi) is 6.68. The van der Waals surface area contributed by atoms with Crippen LogP contribution in [-0.2, 0) is 14.8 Å². The summed E-state index contributed by atoms with van der Waals surface area (Å²) in [6.07, 6.45) is -0.924. The van der Waals surface area contributed by atoms with Crippen molar-refractivity contribution in [2.45, 2.75) is 4.90 Å². The zero-order valence-electron chi connectivity index (χ0n) is 16.1. The van der Waals surface area contributed by atoms with E-state index in [1.54, 1.807) is 23.6 Å². The average Bonchev–Trinajstić information content (AvgIpc) is 3.22. The number of benzene rings is 2. The summed E-state index contributed by atoms with van der Waals surface area (Å²) in [5, 5.41) is 6.40. The second-order valence-electron chi connectivity index (χ2n) is 6.06. The molecule has 0 aliphatic carbocycles. The molecule has 160 valence electrons. The van der Waals surface area contributed by atoms with Crippen LogP contribution in [0.2, 0.25) is 0 Å². The Balaban J connectivity index is 1.75. The standard InChI is InChI=1S/C20H17N3O6S2/c1-29-20(26)22-18(25)16-10-11-30-19(16)21-17(24)13-6-5-7-14(12-13)23-31(27,28)15-8-3-2-4-9-15/h2-12,23H,1H3,(H,21,24)(H,22,25,26). The third-order valence-corrected chi connectivity index (χ3v) is 6.20. The van der Waals surface area contributed by atoms with Crippen molar-refractivity contribution in [2.24, 2.45) is 0 Å². The maximum Gasteiger partial charge on any atom is 0.413 e. The molecule has 0 atom stereocenters. The minimum Gasteiger partial charge on any atom is -0.453 e. The fourth-order valence-corrected chi connectivity index (χ4v) is 4.36. The van der Waals surface area contributed by atoms with E-state index in [2.05, 4.69) is 14.8 Å². The Morgan fingerprint density at radius 3 is 2.39 bits per heavy atom. The number of carbonyl (C=O) groups is 3. The van der Waals surface area contributed by atoms with E-state index in [9.17, 15) is 22.8 Å². The van der Waals surface area contributed by atoms with Gasteiger partial charge in [-0.2, -0.15) is 0 Å². The number of methoxy groups -OCH3 is 1. The van der Waals surface area contributed by atoms with Crippen molar-refractivity contribution in [3.63, 3.8) is 0 Å². The molecule has 1 heterocycles. The van der Waals surface area contributed by atoms with Gasteiger partial charge in [0.2, 0.25) is 0 Å². The molecule has 0 saturated carbocycles. The lowest BCUT2D eigenvalue weighted by molar-refractivity contribution is 0.0938. The molecule has 0 aliphatic rings. The molecule has 0 aliphatic heterocycles. The Morgan fingerprint density at radius 1 is 0.935 bits per heavy atom. The zero-order chi connectivity index (χ0) is 22.4. The summed E-state index contributed by atoms with van der Waals surface area (Å²) in [7, 11) is -2.69. The van der Waals surface area contributed by atoms with E-state index >= 15 is 0 Å². The van der Waals surface area contributed by atoms with Crippen LogP contribution in [0.5, 0.6) is 0 Å². The molecule has 3 aromatic rings. The molecule has 31 heavy (non-hydrogen) atoms. The van der Waals surface area contributed by atoms with Crippen LogP contribution in [0.4, 0.5) is 15.5 Å². The minimum atomic E-state index is -3.81. The number of sulfonamides is 1. The van der Waals surface area contributed by atoms with E-state index in [1.165, 1.54) is 42.5 Å². The molecule has 3 rings (SSSR count). The summed E-state index contributed by atoms with van der Waals surface area (Å²) in [5.74, 6) is -1.29. The van der Waals surface area contributed by atoms with E-state index in [1.807, 2.05) is 5.32 Å². The van der Waals surface area contributed by atoms with Crippen LogP contribution in [0.25, 0.3) is 0 Å². The lowest BCUT2D eigenvalue weighted by atomic mass is 10.2. The number of thiophene rings is 1. The second kappa shape index (κ2) is 9.41. The first-order chi connectivity index (χ1) is 14.8. The first-order valence-electron chi connectivity index (χ1n) is 8.76. The molecule has 0 saturated heterocycles. The minimum absolute atomic E-state index is 0.0877. The zero-order valence-corrected chi connectivity index (χ0v) is 17.7. The van der Waals surface area contributed by atoms with Gasteiger partial charge in [-0.15, -0.1) is 11.3 Å². The molecule has 0 unspecified atom stereocenters. The van der Waals surface area contributed by atoms with Gasteiger partial charge in [-0.05, 0) is 41.8 Å². The SMILES string of the molecule is COC(=O)NC(=O)c1ccsc1NC(=O)c1cccc(NS(=O)(=O)c2ccccc2)c1. The monoisotopic (exact) mass is 459 g/mol. The fourth-order valence-electron chi connectivity index (χ4n) is 2.51. The first kappa shape index (κ1) is 22.0. The number of rotatable bonds is 6. The molecule has 0 spiro atoms. The van der Waals surface area contributed by atoms with Crippen molar-refractivity contribution < 1.29 is 27.5 Å². The van der Waals surface area contributed by atoms with Crippen LogP contribution in [0.1, 0.15) is 20.7 Å². The van der Waals surface area contributed by atoms with E-state index in [4.69, 9.17) is 0 Å². The third-order valence-electron chi connectivity index (χ3n) is 3.97. The van der Waals surface area contributed by atoms with E-state index in [0.29, 0.717) is 0 Å². The van der Waals surface area contributed by atoms with Crippen LogP contribution in [-0.4, -0.2) is 33.4 Å². The summed E-state index contributed by atoms with van der Waals surface area (Å²) < 4.78 is 31.8. The maximum absolute atomic E-state index is 12.6. The van der Waals surface area contributed by atoms with E-state index in [0.717, 1.165) is 18.4 Å². The largest absolute Gasteiger partial charge is 0.453 e. The second-order valence-corrected chi connectivity index (χ2v) is 8.66. The highest BCUT2D eigenvalue weighted by atomic mass is 32.2. The van der Waals surface area contributed by atoms with Crippen molar-refractivity contribution in [2.75, 3.05) is 17.1 Å². The highest BCUT2D eigenvalue weighted by Gasteiger charge is 2.19. The number of imide groups is 1. The van der Waals surface area contributed by atoms with E-state index < -0.39 is 27.9 Å². The molecule has 0 fully saturated rings. The first-order valence-corrected chi connectivity index (χ1v) is 11.1. The van der Waals surface area contributed by atoms with Gasteiger partial charge in [0, 0.05) is 11.3 Å². The van der Waals surface area contributed by atoms with Crippen molar-refractivity contribution >= 4 is 50.0 Å². The van der Waals surface area contributed by atoms with Crippen molar-refractivity contribution in [3.8, 4) is 0 Å². The Hall–Kier alpha value is -3.70. The summed E-state index contributed by atoms with van der Waals surface area (Å²) in [4.78, 5) is 36.1. The van der Waals surface area contributed by atoms with Crippen molar-refractivity contribution in [1.82, 2.24) is 5.32 Å². The number of ether oxygens (including phenoxy) is 1. The van der Waals surface area contributed by atoms with Crippen LogP contribution in [0.3, 0.4) is 0 Å². The third kappa shape index (κ3) is 5.47. The predicted octanol–water partition coefficient (Wildman–Crippen LogP) is 3.30. The molecule has 9 nitrogen and oxygen atoms in total. The lowest BCUT2D eigenvalue weighted by Gasteiger charge is -2.10. The average molecular weight is 460 g/mol. The van der Waals surface area contributed by atoms with Crippen molar-refractivity contribution in [3.05, 3.63) is 77.2 Å². The van der Waals surface area contributed by atoms with Gasteiger partial charge in [0.05, 0.1) is 17.6 Å². The molecule has 0 radical (unpaired) electrons. The summed E-state index contributed by atoms with van der Waals surface area (Å²) in [5.41, 5.74) is 0.456. The van der Waals surface area contributed by atoms with Gasteiger partial charge < -0.3 is 10.1 Å². The quantitative estimate of drug-likeness (QED) is 0.518. The molecule has 3 N–H and O–H groups in total. The number of amides is 3. The Bertz CT molecular complexity index is 1220. The molecule has 11 heteroatoms. The van der Waals surface area contributed by atoms with Gasteiger partial charge >= 0.3 is 6.09 Å². The molecule has 2 aromatic carbocycles. The number of hydrogen-bond donors (Lipinski definition) is 3. The van der Waals surface area contributed by atoms with Crippen LogP contribution in [0, 0.1) is 0 Å². The highest BCUT2D eigenvalue weighted by Crippen LogP contribution is 2.24. The van der Waals surface area contributed by atoms with Gasteiger partial charge in [-0.1, -0.05) is 24.3 Å². The normalized spacial score (nSPS) is 10.7. The summed E-state index contributed by atoms with van der Waals surface area (Å²) >= 11 is 1.09. The molecule has 3 amide bonds. The molecular formula is C20H17N3O6S2. The lowest BCUT2D eigenvalue weighted by Crippen LogP contribution is -2.30. The van der Waals surface area contributed by atoms with Crippen LogP contribution in [0.15, 0.2) is 70.9 Å².